The molecule has 162 valence electrons. The van der Waals surface area contributed by atoms with Gasteiger partial charge in [-0.05, 0) is 66.4 Å². The summed E-state index contributed by atoms with van der Waals surface area (Å²) in [6.07, 6.45) is 1.84. The number of anilines is 1. The van der Waals surface area contributed by atoms with Crippen LogP contribution in [0.25, 0.3) is 0 Å². The first-order valence-corrected chi connectivity index (χ1v) is 10.5. The van der Waals surface area contributed by atoms with E-state index in [4.69, 9.17) is 4.74 Å². The maximum Gasteiger partial charge on any atom is 0.275 e. The Hall–Kier alpha value is -3.20. The first-order valence-electron chi connectivity index (χ1n) is 9.67. The van der Waals surface area contributed by atoms with Crippen LogP contribution >= 0.6 is 15.9 Å². The van der Waals surface area contributed by atoms with Gasteiger partial charge in [-0.2, -0.15) is 5.10 Å². The predicted octanol–water partition coefficient (Wildman–Crippen LogP) is 5.61. The Balaban J connectivity index is 1.79. The highest BCUT2D eigenvalue weighted by atomic mass is 79.9. The maximum absolute atomic E-state index is 12.4. The molecule has 1 amide bonds. The lowest BCUT2D eigenvalue weighted by Crippen LogP contribution is -2.15. The number of carbonyl (C=O) groups excluding carboxylic acids is 1. The van der Waals surface area contributed by atoms with Crippen LogP contribution in [0.15, 0.2) is 41.0 Å². The SMILES string of the molecule is Cc1cc(C)c(C)c(Oc2cc(NC(=O)CCn3ncc(Br)c3C)cc([N+](=O)[O-])c2)c1. The van der Waals surface area contributed by atoms with Crippen molar-refractivity contribution in [2.75, 3.05) is 5.32 Å². The summed E-state index contributed by atoms with van der Waals surface area (Å²) in [5.74, 6) is 0.625. The van der Waals surface area contributed by atoms with E-state index in [-0.39, 0.29) is 23.8 Å². The van der Waals surface area contributed by atoms with E-state index in [1.54, 1.807) is 16.9 Å². The molecular weight excluding hydrogens is 464 g/mol. The number of hydrogen-bond acceptors (Lipinski definition) is 5. The molecule has 9 heteroatoms. The summed E-state index contributed by atoms with van der Waals surface area (Å²) in [6, 6.07) is 8.16. The van der Waals surface area contributed by atoms with Crippen molar-refractivity contribution in [3.8, 4) is 11.5 Å². The number of hydrogen-bond donors (Lipinski definition) is 1. The molecule has 0 aliphatic heterocycles. The average Bonchev–Trinajstić information content (AvgIpc) is 3.02. The number of halogens is 1. The normalized spacial score (nSPS) is 10.7. The highest BCUT2D eigenvalue weighted by molar-refractivity contribution is 9.10. The molecule has 1 aromatic heterocycles. The van der Waals surface area contributed by atoms with Crippen LogP contribution in [0.3, 0.4) is 0 Å². The summed E-state index contributed by atoms with van der Waals surface area (Å²) in [6.45, 7) is 8.16. The number of nitro benzene ring substituents is 1. The maximum atomic E-state index is 12.4. The number of nitrogens with one attached hydrogen (secondary N) is 1. The molecule has 0 bridgehead atoms. The number of nitro groups is 1. The van der Waals surface area contributed by atoms with E-state index >= 15 is 0 Å². The standard InChI is InChI=1S/C22H23BrN4O4/c1-13-7-14(2)15(3)21(8-13)31-19-10-17(9-18(11-19)27(29)30)25-22(28)5-6-26-16(4)20(23)12-24-26/h7-12H,5-6H2,1-4H3,(H,25,28). The molecule has 3 aromatic rings. The monoisotopic (exact) mass is 486 g/mol. The zero-order valence-electron chi connectivity index (χ0n) is 17.7. The van der Waals surface area contributed by atoms with Crippen LogP contribution < -0.4 is 10.1 Å². The highest BCUT2D eigenvalue weighted by Gasteiger charge is 2.15. The molecule has 31 heavy (non-hydrogen) atoms. The van der Waals surface area contributed by atoms with Gasteiger partial charge in [-0.25, -0.2) is 0 Å². The molecule has 1 heterocycles. The zero-order valence-corrected chi connectivity index (χ0v) is 19.3. The topological polar surface area (TPSA) is 99.3 Å². The van der Waals surface area contributed by atoms with Crippen molar-refractivity contribution in [2.24, 2.45) is 0 Å². The Morgan fingerprint density at radius 3 is 2.58 bits per heavy atom. The number of benzene rings is 2. The second-order valence-corrected chi connectivity index (χ2v) is 8.23. The first kappa shape index (κ1) is 22.5. The fourth-order valence-electron chi connectivity index (χ4n) is 3.13. The van der Waals surface area contributed by atoms with Crippen molar-refractivity contribution in [1.82, 2.24) is 9.78 Å². The third-order valence-electron chi connectivity index (χ3n) is 4.97. The van der Waals surface area contributed by atoms with Crippen LogP contribution in [-0.2, 0) is 11.3 Å². The quantitative estimate of drug-likeness (QED) is 0.345. The molecule has 3 rings (SSSR count). The van der Waals surface area contributed by atoms with E-state index in [9.17, 15) is 14.9 Å². The number of aryl methyl sites for hydroxylation is 3. The number of aromatic nitrogens is 2. The van der Waals surface area contributed by atoms with Gasteiger partial charge in [-0.3, -0.25) is 19.6 Å². The molecular formula is C22H23BrN4O4. The summed E-state index contributed by atoms with van der Waals surface area (Å²) in [5.41, 5.74) is 4.09. The Labute approximate surface area is 188 Å². The van der Waals surface area contributed by atoms with E-state index in [2.05, 4.69) is 26.3 Å². The van der Waals surface area contributed by atoms with Crippen LogP contribution in [0.4, 0.5) is 11.4 Å². The predicted molar refractivity (Wildman–Crippen MR) is 122 cm³/mol. The lowest BCUT2D eigenvalue weighted by atomic mass is 10.1. The summed E-state index contributed by atoms with van der Waals surface area (Å²) in [4.78, 5) is 23.3. The molecule has 0 saturated heterocycles. The summed E-state index contributed by atoms with van der Waals surface area (Å²) < 4.78 is 8.54. The van der Waals surface area contributed by atoms with Gasteiger partial charge in [0.1, 0.15) is 11.5 Å². The molecule has 8 nitrogen and oxygen atoms in total. The minimum absolute atomic E-state index is 0.165. The van der Waals surface area contributed by atoms with Crippen molar-refractivity contribution >= 4 is 33.2 Å². The Morgan fingerprint density at radius 1 is 1.19 bits per heavy atom. The molecule has 0 saturated carbocycles. The van der Waals surface area contributed by atoms with Gasteiger partial charge in [-0.15, -0.1) is 0 Å². The fraction of sp³-hybridized carbons (Fsp3) is 0.273. The fourth-order valence-corrected chi connectivity index (χ4v) is 3.43. The third-order valence-corrected chi connectivity index (χ3v) is 5.75. The number of nitrogens with zero attached hydrogens (tertiary/aromatic N) is 3. The van der Waals surface area contributed by atoms with Gasteiger partial charge in [0.05, 0.1) is 33.9 Å². The third kappa shape index (κ3) is 5.49. The van der Waals surface area contributed by atoms with E-state index in [0.29, 0.717) is 18.0 Å². The molecule has 0 aliphatic carbocycles. The van der Waals surface area contributed by atoms with Gasteiger partial charge >= 0.3 is 0 Å². The molecule has 0 unspecified atom stereocenters. The van der Waals surface area contributed by atoms with Gasteiger partial charge in [0.2, 0.25) is 5.91 Å². The number of ether oxygens (including phenoxy) is 1. The van der Waals surface area contributed by atoms with Gasteiger partial charge < -0.3 is 10.1 Å². The van der Waals surface area contributed by atoms with Crippen LogP contribution in [0.5, 0.6) is 11.5 Å². The summed E-state index contributed by atoms with van der Waals surface area (Å²) >= 11 is 3.39. The Morgan fingerprint density at radius 2 is 1.94 bits per heavy atom. The molecule has 0 radical (unpaired) electrons. The van der Waals surface area contributed by atoms with E-state index in [1.807, 2.05) is 39.8 Å². The molecule has 0 aliphatic rings. The smallest absolute Gasteiger partial charge is 0.275 e. The molecule has 0 fully saturated rings. The van der Waals surface area contributed by atoms with Crippen LogP contribution in [0, 0.1) is 37.8 Å². The second-order valence-electron chi connectivity index (χ2n) is 7.38. The summed E-state index contributed by atoms with van der Waals surface area (Å²) in [5, 5.41) is 18.3. The largest absolute Gasteiger partial charge is 0.457 e. The zero-order chi connectivity index (χ0) is 22.7. The van der Waals surface area contributed by atoms with Crippen molar-refractivity contribution in [3.05, 3.63) is 73.5 Å². The Kier molecular flexibility index (Phi) is 6.74. The van der Waals surface area contributed by atoms with Gasteiger partial charge in [0.25, 0.3) is 5.69 Å². The molecule has 2 aromatic carbocycles. The number of carbonyl (C=O) groups is 1. The summed E-state index contributed by atoms with van der Waals surface area (Å²) in [7, 11) is 0. The first-order chi connectivity index (χ1) is 14.6. The van der Waals surface area contributed by atoms with Crippen molar-refractivity contribution < 1.29 is 14.5 Å². The van der Waals surface area contributed by atoms with Gasteiger partial charge in [0, 0.05) is 24.2 Å². The minimum atomic E-state index is -0.512. The van der Waals surface area contributed by atoms with Crippen molar-refractivity contribution in [3.63, 3.8) is 0 Å². The van der Waals surface area contributed by atoms with Crippen LogP contribution in [0.2, 0.25) is 0 Å². The second kappa shape index (κ2) is 9.30. The highest BCUT2D eigenvalue weighted by Crippen LogP contribution is 2.33. The molecule has 0 atom stereocenters. The van der Waals surface area contributed by atoms with Crippen molar-refractivity contribution in [2.45, 2.75) is 40.7 Å². The minimum Gasteiger partial charge on any atom is -0.457 e. The van der Waals surface area contributed by atoms with E-state index in [0.717, 1.165) is 26.9 Å². The van der Waals surface area contributed by atoms with Crippen LogP contribution in [0.1, 0.15) is 28.8 Å². The Bertz CT molecular complexity index is 1160. The number of amides is 1. The van der Waals surface area contributed by atoms with E-state index in [1.165, 1.54) is 12.1 Å². The lowest BCUT2D eigenvalue weighted by Gasteiger charge is -2.13. The number of non-ortho nitro benzene ring substituents is 1. The van der Waals surface area contributed by atoms with Gasteiger partial charge in [-0.1, -0.05) is 6.07 Å². The number of rotatable bonds is 7. The van der Waals surface area contributed by atoms with Crippen LogP contribution in [-0.4, -0.2) is 20.6 Å². The average molecular weight is 487 g/mol. The molecule has 0 spiro atoms. The van der Waals surface area contributed by atoms with Crippen molar-refractivity contribution in [1.29, 1.82) is 0 Å². The van der Waals surface area contributed by atoms with E-state index < -0.39 is 4.92 Å². The van der Waals surface area contributed by atoms with Gasteiger partial charge in [0.15, 0.2) is 0 Å². The lowest BCUT2D eigenvalue weighted by molar-refractivity contribution is -0.384. The molecule has 1 N–H and O–H groups in total.